The molecule has 3 atom stereocenters. The Bertz CT molecular complexity index is 1100. The smallest absolute Gasteiger partial charge is 0.0720 e. The van der Waals surface area contributed by atoms with E-state index in [9.17, 15) is 0 Å². The molecular weight excluding hydrogens is 354 g/mol. The van der Waals surface area contributed by atoms with Gasteiger partial charge in [-0.3, -0.25) is 15.0 Å². The highest BCUT2D eigenvalue weighted by Crippen LogP contribution is 2.53. The van der Waals surface area contributed by atoms with Crippen molar-refractivity contribution >= 4 is 5.57 Å². The van der Waals surface area contributed by atoms with Crippen LogP contribution in [0.2, 0.25) is 0 Å². The second kappa shape index (κ2) is 7.59. The summed E-state index contributed by atoms with van der Waals surface area (Å²) < 4.78 is 0. The Morgan fingerprint density at radius 2 is 1.66 bits per heavy atom. The maximum atomic E-state index is 4.95. The average molecular weight is 377 g/mol. The maximum Gasteiger partial charge on any atom is 0.0720 e. The van der Waals surface area contributed by atoms with Crippen molar-refractivity contribution in [1.29, 1.82) is 0 Å². The fourth-order valence-electron chi connectivity index (χ4n) is 4.25. The van der Waals surface area contributed by atoms with Gasteiger partial charge in [0.25, 0.3) is 0 Å². The summed E-state index contributed by atoms with van der Waals surface area (Å²) in [5.41, 5.74) is 7.17. The summed E-state index contributed by atoms with van der Waals surface area (Å²) in [6.45, 7) is 2.30. The van der Waals surface area contributed by atoms with Crippen LogP contribution in [0.5, 0.6) is 0 Å². The van der Waals surface area contributed by atoms with Crippen LogP contribution in [0.1, 0.15) is 30.5 Å². The van der Waals surface area contributed by atoms with Crippen molar-refractivity contribution in [2.45, 2.75) is 19.3 Å². The summed E-state index contributed by atoms with van der Waals surface area (Å²) in [6, 6.07) is 14.5. The van der Waals surface area contributed by atoms with Gasteiger partial charge in [-0.1, -0.05) is 48.9 Å². The summed E-state index contributed by atoms with van der Waals surface area (Å²) >= 11 is 0. The summed E-state index contributed by atoms with van der Waals surface area (Å²) in [5.74, 6) is 1.47. The molecule has 2 aliphatic carbocycles. The Balaban J connectivity index is 1.36. The number of nitrogens with zero attached hydrogens (tertiary/aromatic N) is 3. The van der Waals surface area contributed by atoms with E-state index in [0.29, 0.717) is 17.8 Å². The predicted octanol–water partition coefficient (Wildman–Crippen LogP) is 5.86. The minimum Gasteiger partial charge on any atom is -0.264 e. The van der Waals surface area contributed by atoms with Gasteiger partial charge >= 0.3 is 0 Å². The highest BCUT2D eigenvalue weighted by atomic mass is 14.8. The predicted molar refractivity (Wildman–Crippen MR) is 117 cm³/mol. The quantitative estimate of drug-likeness (QED) is 0.572. The van der Waals surface area contributed by atoms with Crippen LogP contribution < -0.4 is 0 Å². The van der Waals surface area contributed by atoms with Crippen LogP contribution >= 0.6 is 0 Å². The van der Waals surface area contributed by atoms with E-state index in [2.05, 4.69) is 71.5 Å². The van der Waals surface area contributed by atoms with Crippen molar-refractivity contribution in [3.8, 4) is 11.3 Å². The SMILES string of the molecule is CC1C=C(c2cccnc2)C=CC=C1C1C[C@H]1c1cccc(-c2cccnc2)n1. The molecule has 29 heavy (non-hydrogen) atoms. The third-order valence-electron chi connectivity index (χ3n) is 5.84. The normalized spacial score (nSPS) is 23.1. The molecular formula is C26H23N3. The Labute approximate surface area is 171 Å². The Hall–Kier alpha value is -3.33. The first-order chi connectivity index (χ1) is 14.3. The highest BCUT2D eigenvalue weighted by molar-refractivity contribution is 5.75. The van der Waals surface area contributed by atoms with Crippen LogP contribution in [-0.2, 0) is 0 Å². The van der Waals surface area contributed by atoms with Crippen LogP contribution in [0.15, 0.2) is 97.1 Å². The van der Waals surface area contributed by atoms with E-state index >= 15 is 0 Å². The highest BCUT2D eigenvalue weighted by Gasteiger charge is 2.43. The summed E-state index contributed by atoms with van der Waals surface area (Å²) in [4.78, 5) is 13.4. The van der Waals surface area contributed by atoms with E-state index in [1.807, 2.05) is 30.7 Å². The van der Waals surface area contributed by atoms with E-state index in [-0.39, 0.29) is 0 Å². The van der Waals surface area contributed by atoms with Gasteiger partial charge in [0, 0.05) is 42.0 Å². The fourth-order valence-corrected chi connectivity index (χ4v) is 4.25. The van der Waals surface area contributed by atoms with Crippen LogP contribution in [0.3, 0.4) is 0 Å². The molecule has 3 heterocycles. The zero-order chi connectivity index (χ0) is 19.6. The fraction of sp³-hybridized carbons (Fsp3) is 0.192. The van der Waals surface area contributed by atoms with Crippen molar-refractivity contribution in [1.82, 2.24) is 15.0 Å². The number of allylic oxidation sites excluding steroid dienone is 6. The van der Waals surface area contributed by atoms with Crippen LogP contribution in [0, 0.1) is 11.8 Å². The number of pyridine rings is 3. The molecule has 2 aliphatic rings. The van der Waals surface area contributed by atoms with E-state index in [1.165, 1.54) is 28.8 Å². The molecule has 0 amide bonds. The minimum atomic E-state index is 0.400. The molecule has 3 aromatic rings. The lowest BCUT2D eigenvalue weighted by Gasteiger charge is -2.13. The van der Waals surface area contributed by atoms with E-state index in [4.69, 9.17) is 4.98 Å². The molecule has 0 spiro atoms. The number of hydrogen-bond acceptors (Lipinski definition) is 3. The van der Waals surface area contributed by atoms with Crippen LogP contribution in [0.4, 0.5) is 0 Å². The first-order valence-electron chi connectivity index (χ1n) is 10.2. The molecule has 0 N–H and O–H groups in total. The van der Waals surface area contributed by atoms with Gasteiger partial charge < -0.3 is 0 Å². The van der Waals surface area contributed by atoms with Gasteiger partial charge in [0.15, 0.2) is 0 Å². The molecule has 142 valence electrons. The lowest BCUT2D eigenvalue weighted by molar-refractivity contribution is 0.754. The molecule has 0 aromatic carbocycles. The first kappa shape index (κ1) is 17.7. The van der Waals surface area contributed by atoms with Gasteiger partial charge in [0.05, 0.1) is 5.69 Å². The van der Waals surface area contributed by atoms with Crippen LogP contribution in [-0.4, -0.2) is 15.0 Å². The molecule has 0 saturated heterocycles. The molecule has 3 aromatic heterocycles. The van der Waals surface area contributed by atoms with E-state index < -0.39 is 0 Å². The topological polar surface area (TPSA) is 38.7 Å². The molecule has 3 nitrogen and oxygen atoms in total. The second-order valence-electron chi connectivity index (χ2n) is 7.82. The molecule has 2 unspecified atom stereocenters. The standard InChI is InChI=1S/C26H23N3/c1-18-14-19(20-7-4-12-27-16-20)6-2-9-22(18)23-15-24(23)26-11-3-10-25(29-26)21-8-5-13-28-17-21/h2-14,16-18,23-24H,15H2,1H3/t18?,23?,24-/m1/s1. The Kier molecular flexibility index (Phi) is 4.65. The van der Waals surface area contributed by atoms with Crippen molar-refractivity contribution < 1.29 is 0 Å². The van der Waals surface area contributed by atoms with Crippen LogP contribution in [0.25, 0.3) is 16.8 Å². The molecule has 0 aliphatic heterocycles. The van der Waals surface area contributed by atoms with Gasteiger partial charge in [0.2, 0.25) is 0 Å². The third kappa shape index (κ3) is 3.68. The monoisotopic (exact) mass is 377 g/mol. The molecule has 0 bridgehead atoms. The summed E-state index contributed by atoms with van der Waals surface area (Å²) in [5, 5.41) is 0. The van der Waals surface area contributed by atoms with Gasteiger partial charge in [0.1, 0.15) is 0 Å². The lowest BCUT2D eigenvalue weighted by Crippen LogP contribution is -2.01. The zero-order valence-corrected chi connectivity index (χ0v) is 16.4. The largest absolute Gasteiger partial charge is 0.264 e. The maximum absolute atomic E-state index is 4.95. The molecule has 3 heteroatoms. The third-order valence-corrected chi connectivity index (χ3v) is 5.84. The van der Waals surface area contributed by atoms with Crippen molar-refractivity contribution in [2.75, 3.05) is 0 Å². The van der Waals surface area contributed by atoms with Gasteiger partial charge in [-0.05, 0) is 59.7 Å². The van der Waals surface area contributed by atoms with Gasteiger partial charge in [-0.15, -0.1) is 0 Å². The van der Waals surface area contributed by atoms with E-state index in [0.717, 1.165) is 11.3 Å². The minimum absolute atomic E-state index is 0.400. The number of rotatable bonds is 4. The lowest BCUT2D eigenvalue weighted by atomic mass is 9.93. The van der Waals surface area contributed by atoms with E-state index in [1.54, 1.807) is 6.20 Å². The summed E-state index contributed by atoms with van der Waals surface area (Å²) in [6.07, 6.45) is 17.6. The molecule has 1 saturated carbocycles. The Morgan fingerprint density at radius 1 is 0.862 bits per heavy atom. The molecule has 1 fully saturated rings. The number of hydrogen-bond donors (Lipinski definition) is 0. The average Bonchev–Trinajstić information content (AvgIpc) is 3.59. The van der Waals surface area contributed by atoms with Crippen molar-refractivity contribution in [3.05, 3.63) is 108 Å². The second-order valence-corrected chi connectivity index (χ2v) is 7.82. The van der Waals surface area contributed by atoms with Crippen molar-refractivity contribution in [3.63, 3.8) is 0 Å². The molecule has 5 rings (SSSR count). The zero-order valence-electron chi connectivity index (χ0n) is 16.4. The van der Waals surface area contributed by atoms with Gasteiger partial charge in [-0.25, -0.2) is 0 Å². The first-order valence-corrected chi connectivity index (χ1v) is 10.2. The molecule has 0 radical (unpaired) electrons. The van der Waals surface area contributed by atoms with Gasteiger partial charge in [-0.2, -0.15) is 0 Å². The number of aromatic nitrogens is 3. The Morgan fingerprint density at radius 3 is 2.41 bits per heavy atom. The summed E-state index contributed by atoms with van der Waals surface area (Å²) in [7, 11) is 0. The van der Waals surface area contributed by atoms with Crippen molar-refractivity contribution in [2.24, 2.45) is 11.8 Å².